The lowest BCUT2D eigenvalue weighted by Crippen LogP contribution is -2.36. The standard InChI is InChI=1S/C15H20O5/c1-10(5-7-16)13-4-6-15(3,20-19-13)9-12-8-11(2)14(17)18-12/h5,8-9,13,16H,4,6-7H2,1-3H3/b10-5-,12-9-/t13-,15?/m0/s1. The molecule has 1 N–H and O–H groups in total. The lowest BCUT2D eigenvalue weighted by molar-refractivity contribution is -0.386. The zero-order chi connectivity index (χ0) is 14.8. The number of ether oxygens (including phenoxy) is 1. The molecule has 0 saturated carbocycles. The molecule has 2 rings (SSSR count). The maximum Gasteiger partial charge on any atom is 0.339 e. The maximum absolute atomic E-state index is 11.3. The van der Waals surface area contributed by atoms with Gasteiger partial charge in [0.1, 0.15) is 17.5 Å². The zero-order valence-corrected chi connectivity index (χ0v) is 12.0. The van der Waals surface area contributed by atoms with Crippen LogP contribution in [0.5, 0.6) is 0 Å². The maximum atomic E-state index is 11.3. The monoisotopic (exact) mass is 280 g/mol. The fourth-order valence-corrected chi connectivity index (χ4v) is 2.21. The first-order valence-corrected chi connectivity index (χ1v) is 6.69. The van der Waals surface area contributed by atoms with Crippen LogP contribution in [0.4, 0.5) is 0 Å². The quantitative estimate of drug-likeness (QED) is 0.487. The molecule has 0 amide bonds. The Morgan fingerprint density at radius 2 is 2.35 bits per heavy atom. The number of esters is 1. The van der Waals surface area contributed by atoms with Gasteiger partial charge in [-0.05, 0) is 51.3 Å². The normalized spacial score (nSPS) is 33.3. The van der Waals surface area contributed by atoms with Gasteiger partial charge < -0.3 is 9.84 Å². The van der Waals surface area contributed by atoms with Gasteiger partial charge in [0, 0.05) is 5.57 Å². The van der Waals surface area contributed by atoms with Crippen LogP contribution in [0.3, 0.4) is 0 Å². The van der Waals surface area contributed by atoms with E-state index in [2.05, 4.69) is 0 Å². The first-order valence-electron chi connectivity index (χ1n) is 6.69. The average molecular weight is 280 g/mol. The van der Waals surface area contributed by atoms with E-state index in [1.807, 2.05) is 13.8 Å². The highest BCUT2D eigenvalue weighted by molar-refractivity contribution is 5.92. The first-order chi connectivity index (χ1) is 9.43. The predicted octanol–water partition coefficient (Wildman–Crippen LogP) is 2.18. The molecule has 2 heterocycles. The molecule has 5 nitrogen and oxygen atoms in total. The molecule has 0 aromatic carbocycles. The summed E-state index contributed by atoms with van der Waals surface area (Å²) >= 11 is 0. The highest BCUT2D eigenvalue weighted by Crippen LogP contribution is 2.32. The molecule has 1 fully saturated rings. The van der Waals surface area contributed by atoms with E-state index >= 15 is 0 Å². The van der Waals surface area contributed by atoms with Crippen LogP contribution in [0.1, 0.15) is 33.6 Å². The minimum absolute atomic E-state index is 0.00691. The van der Waals surface area contributed by atoms with Crippen molar-refractivity contribution in [2.24, 2.45) is 0 Å². The van der Waals surface area contributed by atoms with Gasteiger partial charge in [-0.2, -0.15) is 0 Å². The van der Waals surface area contributed by atoms with Crippen molar-refractivity contribution >= 4 is 5.97 Å². The Bertz CT molecular complexity index is 478. The summed E-state index contributed by atoms with van der Waals surface area (Å²) in [5, 5.41) is 8.87. The molecular weight excluding hydrogens is 260 g/mol. The molecular formula is C15H20O5. The van der Waals surface area contributed by atoms with Crippen molar-refractivity contribution in [1.82, 2.24) is 0 Å². The molecule has 2 aliphatic rings. The number of cyclic esters (lactones) is 1. The van der Waals surface area contributed by atoms with Crippen LogP contribution >= 0.6 is 0 Å². The van der Waals surface area contributed by atoms with E-state index in [0.717, 1.165) is 18.4 Å². The fraction of sp³-hybridized carbons (Fsp3) is 0.533. The van der Waals surface area contributed by atoms with Gasteiger partial charge in [-0.3, -0.25) is 0 Å². The average Bonchev–Trinajstić information content (AvgIpc) is 2.68. The van der Waals surface area contributed by atoms with Crippen molar-refractivity contribution in [3.8, 4) is 0 Å². The highest BCUT2D eigenvalue weighted by Gasteiger charge is 2.34. The molecule has 2 atom stereocenters. The minimum Gasteiger partial charge on any atom is -0.423 e. The summed E-state index contributed by atoms with van der Waals surface area (Å²) in [4.78, 5) is 22.2. The van der Waals surface area contributed by atoms with E-state index in [4.69, 9.17) is 19.6 Å². The first kappa shape index (κ1) is 15.0. The third kappa shape index (κ3) is 3.36. The number of carbonyl (C=O) groups excluding carboxylic acids is 1. The van der Waals surface area contributed by atoms with Crippen molar-refractivity contribution in [1.29, 1.82) is 0 Å². The van der Waals surface area contributed by atoms with Gasteiger partial charge in [0.2, 0.25) is 0 Å². The molecule has 110 valence electrons. The third-order valence-electron chi connectivity index (χ3n) is 3.52. The molecule has 0 aromatic heterocycles. The Kier molecular flexibility index (Phi) is 4.42. The van der Waals surface area contributed by atoms with Crippen LogP contribution in [0.15, 0.2) is 35.1 Å². The van der Waals surface area contributed by atoms with Crippen LogP contribution in [0.2, 0.25) is 0 Å². The van der Waals surface area contributed by atoms with Gasteiger partial charge in [0.15, 0.2) is 0 Å². The number of aliphatic hydroxyl groups is 1. The Hall–Kier alpha value is -1.43. The zero-order valence-electron chi connectivity index (χ0n) is 12.0. The second-order valence-electron chi connectivity index (χ2n) is 5.41. The number of rotatable bonds is 3. The summed E-state index contributed by atoms with van der Waals surface area (Å²) < 4.78 is 5.10. The Morgan fingerprint density at radius 1 is 1.60 bits per heavy atom. The van der Waals surface area contributed by atoms with Crippen molar-refractivity contribution < 1.29 is 24.4 Å². The smallest absolute Gasteiger partial charge is 0.339 e. The van der Waals surface area contributed by atoms with Crippen LogP contribution in [0.25, 0.3) is 0 Å². The summed E-state index contributed by atoms with van der Waals surface area (Å²) in [7, 11) is 0. The molecule has 1 unspecified atom stereocenters. The largest absolute Gasteiger partial charge is 0.423 e. The van der Waals surface area contributed by atoms with E-state index in [1.54, 1.807) is 25.2 Å². The predicted molar refractivity (Wildman–Crippen MR) is 72.4 cm³/mol. The van der Waals surface area contributed by atoms with Crippen molar-refractivity contribution in [2.45, 2.75) is 45.3 Å². The lowest BCUT2D eigenvalue weighted by atomic mass is 9.93. The number of hydrogen-bond donors (Lipinski definition) is 1. The molecule has 1 saturated heterocycles. The van der Waals surface area contributed by atoms with E-state index in [9.17, 15) is 4.79 Å². The fourth-order valence-electron chi connectivity index (χ4n) is 2.21. The van der Waals surface area contributed by atoms with E-state index in [-0.39, 0.29) is 18.7 Å². The van der Waals surface area contributed by atoms with Gasteiger partial charge in [-0.15, -0.1) is 0 Å². The number of allylic oxidation sites excluding steroid dienone is 1. The van der Waals surface area contributed by atoms with Gasteiger partial charge >= 0.3 is 5.97 Å². The van der Waals surface area contributed by atoms with Crippen LogP contribution in [-0.4, -0.2) is 29.4 Å². The van der Waals surface area contributed by atoms with Crippen LogP contribution in [-0.2, 0) is 19.3 Å². The second-order valence-corrected chi connectivity index (χ2v) is 5.41. The molecule has 0 aromatic rings. The van der Waals surface area contributed by atoms with Crippen molar-refractivity contribution in [2.75, 3.05) is 6.61 Å². The third-order valence-corrected chi connectivity index (χ3v) is 3.52. The molecule has 20 heavy (non-hydrogen) atoms. The summed E-state index contributed by atoms with van der Waals surface area (Å²) in [6.07, 6.45) is 6.54. The summed E-state index contributed by atoms with van der Waals surface area (Å²) in [6.45, 7) is 5.49. The Labute approximate surface area is 118 Å². The van der Waals surface area contributed by atoms with E-state index in [0.29, 0.717) is 11.3 Å². The Morgan fingerprint density at radius 3 is 2.85 bits per heavy atom. The van der Waals surface area contributed by atoms with E-state index in [1.165, 1.54) is 0 Å². The summed E-state index contributed by atoms with van der Waals surface area (Å²) in [5.74, 6) is 0.177. The topological polar surface area (TPSA) is 65.0 Å². The van der Waals surface area contributed by atoms with E-state index < -0.39 is 5.60 Å². The number of carbonyl (C=O) groups is 1. The van der Waals surface area contributed by atoms with Gasteiger partial charge in [-0.25, -0.2) is 14.6 Å². The molecule has 2 aliphatic heterocycles. The van der Waals surface area contributed by atoms with Gasteiger partial charge in [0.05, 0.1) is 6.61 Å². The highest BCUT2D eigenvalue weighted by atomic mass is 17.2. The SMILES string of the molecule is CC1=C/C(=C/C2(C)CC[C@@H](/C(C)=C\CO)OO2)OC1=O. The van der Waals surface area contributed by atoms with Crippen molar-refractivity contribution in [3.63, 3.8) is 0 Å². The van der Waals surface area contributed by atoms with Crippen LogP contribution in [0, 0.1) is 0 Å². The van der Waals surface area contributed by atoms with Crippen LogP contribution < -0.4 is 0 Å². The lowest BCUT2D eigenvalue weighted by Gasteiger charge is -2.34. The molecule has 0 aliphatic carbocycles. The second kappa shape index (κ2) is 5.91. The summed E-state index contributed by atoms with van der Waals surface area (Å²) in [6, 6.07) is 0. The number of hydrogen-bond acceptors (Lipinski definition) is 5. The Balaban J connectivity index is 2.00. The number of aliphatic hydroxyl groups excluding tert-OH is 1. The summed E-state index contributed by atoms with van der Waals surface area (Å²) in [5.41, 5.74) is 0.911. The minimum atomic E-state index is -0.618. The molecule has 0 bridgehead atoms. The molecule has 0 spiro atoms. The van der Waals surface area contributed by atoms with Gasteiger partial charge in [0.25, 0.3) is 0 Å². The molecule has 0 radical (unpaired) electrons. The van der Waals surface area contributed by atoms with Gasteiger partial charge in [-0.1, -0.05) is 6.08 Å². The molecule has 5 heteroatoms. The van der Waals surface area contributed by atoms with Crippen molar-refractivity contribution in [3.05, 3.63) is 35.1 Å².